The van der Waals surface area contributed by atoms with Gasteiger partial charge in [0, 0.05) is 50.7 Å². The van der Waals surface area contributed by atoms with Crippen molar-refractivity contribution in [2.75, 3.05) is 0 Å². The highest BCUT2D eigenvalue weighted by molar-refractivity contribution is 8.26. The van der Waals surface area contributed by atoms with Crippen LogP contribution in [0.15, 0.2) is 54.6 Å². The highest BCUT2D eigenvalue weighted by Gasteiger charge is 2.17. The number of Topliss-reactive ketones (excluding diaryl/α,β-unsaturated/α-hetero) is 1. The molecule has 3 rings (SSSR count). The van der Waals surface area contributed by atoms with Crippen molar-refractivity contribution >= 4 is 76.2 Å². The Morgan fingerprint density at radius 2 is 0.956 bits per heavy atom. The number of carbonyl (C=O) groups is 3. The molecule has 246 valence electrons. The summed E-state index contributed by atoms with van der Waals surface area (Å²) in [6.45, 7) is 1.26. The molecule has 14 nitrogen and oxygen atoms in total. The van der Waals surface area contributed by atoms with Crippen LogP contribution in [0.25, 0.3) is 0 Å². The lowest BCUT2D eigenvalue weighted by atomic mass is 10.1. The summed E-state index contributed by atoms with van der Waals surface area (Å²) in [5, 5.41) is 38.0. The molecule has 0 radical (unpaired) electrons. The van der Waals surface area contributed by atoms with Gasteiger partial charge in [-0.2, -0.15) is 13.2 Å². The van der Waals surface area contributed by atoms with Crippen LogP contribution in [0.3, 0.4) is 0 Å². The predicted molar refractivity (Wildman–Crippen MR) is 160 cm³/mol. The Morgan fingerprint density at radius 3 is 1.20 bits per heavy atom. The van der Waals surface area contributed by atoms with Gasteiger partial charge < -0.3 is 5.11 Å². The van der Waals surface area contributed by atoms with Gasteiger partial charge in [-0.25, -0.2) is 9.00 Å². The van der Waals surface area contributed by atoms with Crippen molar-refractivity contribution in [3.63, 3.8) is 0 Å². The van der Waals surface area contributed by atoms with E-state index in [0.29, 0.717) is 6.07 Å². The molecule has 0 heterocycles. The summed E-state index contributed by atoms with van der Waals surface area (Å²) < 4.78 is 47.5. The van der Waals surface area contributed by atoms with Crippen molar-refractivity contribution in [2.24, 2.45) is 0 Å². The van der Waals surface area contributed by atoms with Gasteiger partial charge in [0.2, 0.25) is 26.7 Å². The number of ketones is 1. The Balaban J connectivity index is -0.000000543. The molecule has 1 N–H and O–H groups in total. The van der Waals surface area contributed by atoms with Gasteiger partial charge in [-0.1, -0.05) is 14.9 Å². The van der Waals surface area contributed by atoms with E-state index in [-0.39, 0.29) is 37.3 Å². The number of nitro groups is 3. The molecule has 0 aliphatic carbocycles. The van der Waals surface area contributed by atoms with Crippen molar-refractivity contribution in [1.82, 2.24) is 0 Å². The number of hydrogen-bond acceptors (Lipinski definition) is 10. The van der Waals surface area contributed by atoms with Crippen molar-refractivity contribution in [3.05, 3.63) is 119 Å². The molecule has 0 spiro atoms. The average molecular weight is 723 g/mol. The van der Waals surface area contributed by atoms with E-state index in [1.807, 2.05) is 0 Å². The maximum Gasteiger partial charge on any atom is 0.335 e. The smallest absolute Gasteiger partial charge is 0.335 e. The zero-order valence-electron chi connectivity index (χ0n) is 20.7. The van der Waals surface area contributed by atoms with Crippen LogP contribution in [0.1, 0.15) is 52.9 Å². The van der Waals surface area contributed by atoms with Crippen LogP contribution in [-0.4, -0.2) is 41.1 Å². The van der Waals surface area contributed by atoms with Crippen molar-refractivity contribution < 1.29 is 51.6 Å². The Morgan fingerprint density at radius 1 is 0.689 bits per heavy atom. The first-order valence-electron chi connectivity index (χ1n) is 10.3. The minimum absolute atomic E-state index is 0. The molecule has 0 saturated heterocycles. The third-order valence-corrected chi connectivity index (χ3v) is 4.53. The van der Waals surface area contributed by atoms with Gasteiger partial charge >= 0.3 is 23.0 Å². The Kier molecular flexibility index (Phi) is 21.2. The molecule has 0 saturated carbocycles. The first-order chi connectivity index (χ1) is 19.8. The van der Waals surface area contributed by atoms with Crippen LogP contribution in [-0.2, 0) is 9.23 Å². The molecule has 0 aliphatic rings. The number of carbonyl (C=O) groups excluding carboxylic acids is 2. The number of carboxylic acids is 1. The molecule has 45 heavy (non-hydrogen) atoms. The van der Waals surface area contributed by atoms with Crippen LogP contribution in [0, 0.1) is 47.8 Å². The number of aromatic carboxylic acids is 1. The predicted octanol–water partition coefficient (Wildman–Crippen LogP) is 7.80. The summed E-state index contributed by atoms with van der Waals surface area (Å²) >= 11 is 5.03. The highest BCUT2D eigenvalue weighted by atomic mass is 36.0. The normalized spacial score (nSPS) is 9.16. The van der Waals surface area contributed by atoms with E-state index in [0.717, 1.165) is 42.5 Å². The largest absolute Gasteiger partial charge is 0.478 e. The van der Waals surface area contributed by atoms with Gasteiger partial charge in [0.25, 0.3) is 5.24 Å². The number of nitrogens with zero attached hydrogens (tertiary/aromatic N) is 3. The second-order valence-electron chi connectivity index (χ2n) is 7.09. The summed E-state index contributed by atoms with van der Waals surface area (Å²) in [5.41, 5.74) is -2.33. The zero-order chi connectivity index (χ0) is 33.6. The number of hydrogen-bond donors (Lipinski definition) is 1. The number of carboxylic acid groups (broad SMARTS) is 1. The third kappa shape index (κ3) is 16.2. The van der Waals surface area contributed by atoms with Gasteiger partial charge in [-0.05, 0) is 54.9 Å². The molecule has 0 fully saturated rings. The maximum absolute atomic E-state index is 12.9. The second kappa shape index (κ2) is 21.2. The molecule has 0 bridgehead atoms. The topological polar surface area (TPSA) is 218 Å². The molecule has 0 amide bonds. The number of benzene rings is 3. The summed E-state index contributed by atoms with van der Waals surface area (Å²) in [4.78, 5) is 59.4. The SMILES string of the molecule is C.C.CC(=O)c1ccc([N+](=O)[O-])c(F)c1.O=C(Cl)c1ccc([N+](=O)[O-])c(F)c1.O=C(O)c1ccc([N+](=O)[O-])c(F)c1.O=S(Cl)Cl. The zero-order valence-corrected chi connectivity index (χ0v) is 23.8. The molecule has 3 aromatic carbocycles. The fraction of sp³-hybridized carbons (Fsp3) is 0.125. The van der Waals surface area contributed by atoms with Gasteiger partial charge in [0.15, 0.2) is 5.78 Å². The molecule has 0 unspecified atom stereocenters. The van der Waals surface area contributed by atoms with Crippen LogP contribution < -0.4 is 0 Å². The van der Waals surface area contributed by atoms with Crippen molar-refractivity contribution in [3.8, 4) is 0 Å². The first-order valence-corrected chi connectivity index (χ1v) is 13.5. The molecule has 0 aliphatic heterocycles. The van der Waals surface area contributed by atoms with E-state index in [1.54, 1.807) is 0 Å². The summed E-state index contributed by atoms with van der Waals surface area (Å²) in [7, 11) is 7.36. The van der Waals surface area contributed by atoms with Crippen molar-refractivity contribution in [1.29, 1.82) is 0 Å². The van der Waals surface area contributed by atoms with Crippen molar-refractivity contribution in [2.45, 2.75) is 21.8 Å². The van der Waals surface area contributed by atoms with Gasteiger partial charge in [-0.3, -0.25) is 39.9 Å². The minimum atomic E-state index is -1.67. The lowest BCUT2D eigenvalue weighted by molar-refractivity contribution is -0.387. The van der Waals surface area contributed by atoms with Crippen LogP contribution >= 0.6 is 33.0 Å². The van der Waals surface area contributed by atoms with E-state index in [9.17, 15) is 57.9 Å². The molecule has 3 aromatic rings. The molecular weight excluding hydrogens is 702 g/mol. The van der Waals surface area contributed by atoms with E-state index < -0.39 is 69.7 Å². The molecule has 0 atom stereocenters. The second-order valence-corrected chi connectivity index (χ2v) is 9.96. The third-order valence-electron chi connectivity index (χ3n) is 4.31. The number of rotatable bonds is 6. The monoisotopic (exact) mass is 721 g/mol. The van der Waals surface area contributed by atoms with Crippen LogP contribution in [0.2, 0.25) is 0 Å². The summed E-state index contributed by atoms with van der Waals surface area (Å²) in [6, 6.07) is 8.19. The lowest BCUT2D eigenvalue weighted by Crippen LogP contribution is -1.99. The van der Waals surface area contributed by atoms with Gasteiger partial charge in [0.1, 0.15) is 0 Å². The maximum atomic E-state index is 12.9. The number of nitro benzene ring substituents is 3. The van der Waals surface area contributed by atoms with Crippen LogP contribution in [0.5, 0.6) is 0 Å². The Labute approximate surface area is 268 Å². The Bertz CT molecular complexity index is 1420. The Hall–Kier alpha value is -4.52. The van der Waals surface area contributed by atoms with E-state index in [1.165, 1.54) is 13.0 Å². The minimum Gasteiger partial charge on any atom is -0.478 e. The molecule has 21 heteroatoms. The van der Waals surface area contributed by atoms with E-state index in [4.69, 9.17) is 20.9 Å². The lowest BCUT2D eigenvalue weighted by Gasteiger charge is -1.96. The molecule has 0 aromatic heterocycles. The summed E-state index contributed by atoms with van der Waals surface area (Å²) in [6.07, 6.45) is 0. The van der Waals surface area contributed by atoms with Gasteiger partial charge in [-0.15, -0.1) is 0 Å². The van der Waals surface area contributed by atoms with Gasteiger partial charge in [0.05, 0.1) is 20.3 Å². The van der Waals surface area contributed by atoms with Crippen LogP contribution in [0.4, 0.5) is 30.2 Å². The fourth-order valence-electron chi connectivity index (χ4n) is 2.44. The highest BCUT2D eigenvalue weighted by Crippen LogP contribution is 2.20. The fourth-order valence-corrected chi connectivity index (χ4v) is 2.56. The average Bonchev–Trinajstić information content (AvgIpc) is 2.88. The standard InChI is InChI=1S/C8H6FNO3.C7H3ClFNO3.C7H4FNO4.2CH4.Cl2OS/c1-5(11)6-2-3-8(10(12)13)7(9)4-6;8-7(11)4-1-2-6(10(12)13)5(9)3-4;8-5-3-4(7(10)11)1-2-6(5)9(12)13;;;1-4(2)3/h2-4H,1H3;1-3H;1-3H,(H,10,11);2*1H4;. The first kappa shape index (κ1) is 44.9. The summed E-state index contributed by atoms with van der Waals surface area (Å²) in [5.74, 6) is -4.86. The molecular formula is C24H21Cl3F3N3O11S. The quantitative estimate of drug-likeness (QED) is 0.112. The van der Waals surface area contributed by atoms with E-state index in [2.05, 4.69) is 21.4 Å². The van der Waals surface area contributed by atoms with E-state index >= 15 is 0 Å². The number of halogens is 6.